The lowest BCUT2D eigenvalue weighted by atomic mass is 9.82. The van der Waals surface area contributed by atoms with Crippen LogP contribution < -0.4 is 0 Å². The minimum Gasteiger partial charge on any atom is -0.507 e. The van der Waals surface area contributed by atoms with Crippen molar-refractivity contribution in [3.63, 3.8) is 0 Å². The van der Waals surface area contributed by atoms with Crippen LogP contribution in [0.1, 0.15) is 43.8 Å². The highest BCUT2D eigenvalue weighted by Gasteiger charge is 2.32. The highest BCUT2D eigenvalue weighted by molar-refractivity contribution is 9.09. The van der Waals surface area contributed by atoms with Gasteiger partial charge in [0, 0.05) is 40.4 Å². The zero-order chi connectivity index (χ0) is 16.6. The first-order valence-corrected chi connectivity index (χ1v) is 8.27. The Labute approximate surface area is 141 Å². The Bertz CT molecular complexity index is 839. The van der Waals surface area contributed by atoms with Gasteiger partial charge in [-0.3, -0.25) is 14.4 Å². The molecule has 0 atom stereocenters. The van der Waals surface area contributed by atoms with E-state index in [4.69, 9.17) is 0 Å². The smallest absolute Gasteiger partial charge is 0.198 e. The fourth-order valence-corrected chi connectivity index (χ4v) is 3.20. The van der Waals surface area contributed by atoms with Gasteiger partial charge in [-0.15, -0.1) is 0 Å². The Balaban J connectivity index is 2.09. The summed E-state index contributed by atoms with van der Waals surface area (Å²) in [6, 6.07) is 9.60. The van der Waals surface area contributed by atoms with Crippen LogP contribution in [0.5, 0.6) is 5.75 Å². The summed E-state index contributed by atoms with van der Waals surface area (Å²) in [6.45, 7) is 0. The molecule has 0 aromatic heterocycles. The first-order valence-electron chi connectivity index (χ1n) is 7.15. The van der Waals surface area contributed by atoms with Crippen LogP contribution in [0.25, 0.3) is 0 Å². The molecule has 1 N–H and O–H groups in total. The normalized spacial score (nSPS) is 12.7. The number of rotatable bonds is 4. The van der Waals surface area contributed by atoms with E-state index < -0.39 is 0 Å². The fourth-order valence-electron chi connectivity index (χ4n) is 2.76. The van der Waals surface area contributed by atoms with Crippen LogP contribution in [-0.4, -0.2) is 27.8 Å². The summed E-state index contributed by atoms with van der Waals surface area (Å²) in [5, 5.41) is 11.0. The molecule has 0 unspecified atom stereocenters. The van der Waals surface area contributed by atoms with Gasteiger partial charge in [0.25, 0.3) is 0 Å². The maximum Gasteiger partial charge on any atom is 0.198 e. The number of benzene rings is 2. The molecule has 2 aromatic carbocycles. The lowest BCUT2D eigenvalue weighted by Gasteiger charge is -2.19. The summed E-state index contributed by atoms with van der Waals surface area (Å²) in [5.74, 6) is -0.989. The molecule has 116 valence electrons. The van der Waals surface area contributed by atoms with Crippen molar-refractivity contribution in [1.82, 2.24) is 0 Å². The summed E-state index contributed by atoms with van der Waals surface area (Å²) in [5.41, 5.74) is 1.17. The molecule has 3 rings (SSSR count). The van der Waals surface area contributed by atoms with Gasteiger partial charge in [0.05, 0.1) is 5.56 Å². The minimum absolute atomic E-state index is 0.00200. The molecule has 0 saturated carbocycles. The second-order valence-electron chi connectivity index (χ2n) is 5.35. The number of alkyl halides is 1. The van der Waals surface area contributed by atoms with Crippen molar-refractivity contribution in [1.29, 1.82) is 0 Å². The third-order valence-electron chi connectivity index (χ3n) is 3.91. The molecule has 5 heteroatoms. The van der Waals surface area contributed by atoms with Gasteiger partial charge in [0.2, 0.25) is 0 Å². The van der Waals surface area contributed by atoms with Crippen LogP contribution in [-0.2, 0) is 11.2 Å². The quantitative estimate of drug-likeness (QED) is 0.714. The number of carbonyl (C=O) groups excluding carboxylic acids is 3. The second kappa shape index (κ2) is 6.08. The molecule has 0 aliphatic heterocycles. The van der Waals surface area contributed by atoms with E-state index in [1.165, 1.54) is 6.07 Å². The van der Waals surface area contributed by atoms with E-state index in [1.54, 1.807) is 30.3 Å². The number of fused-ring (bicyclic) bond motifs is 2. The molecule has 0 radical (unpaired) electrons. The maximum atomic E-state index is 12.6. The fraction of sp³-hybridized carbons (Fsp3) is 0.167. The molecular weight excluding hydrogens is 360 g/mol. The van der Waals surface area contributed by atoms with Crippen molar-refractivity contribution in [2.75, 3.05) is 5.33 Å². The molecule has 4 nitrogen and oxygen atoms in total. The lowest BCUT2D eigenvalue weighted by molar-refractivity contribution is -0.118. The van der Waals surface area contributed by atoms with Crippen molar-refractivity contribution < 1.29 is 19.5 Å². The van der Waals surface area contributed by atoms with Gasteiger partial charge in [0.15, 0.2) is 11.6 Å². The van der Waals surface area contributed by atoms with Gasteiger partial charge in [-0.05, 0) is 6.07 Å². The van der Waals surface area contributed by atoms with E-state index in [1.807, 2.05) is 0 Å². The number of ketones is 3. The molecule has 0 saturated heterocycles. The molecule has 1 aliphatic carbocycles. The number of phenols is 1. The maximum absolute atomic E-state index is 12.6. The summed E-state index contributed by atoms with van der Waals surface area (Å²) in [6.07, 6.45) is 0.375. The monoisotopic (exact) mass is 372 g/mol. The van der Waals surface area contributed by atoms with E-state index in [0.29, 0.717) is 22.9 Å². The molecule has 0 heterocycles. The standard InChI is InChI=1S/C18H13BrO4/c19-8-7-11(20)9-10-5-6-14-15(16(10)21)18(23)13-4-2-1-3-12(13)17(14)22/h1-6,21H,7-9H2. The Kier molecular flexibility index (Phi) is 4.13. The molecule has 0 amide bonds. The van der Waals surface area contributed by atoms with Gasteiger partial charge in [0.1, 0.15) is 11.5 Å². The number of halogens is 1. The largest absolute Gasteiger partial charge is 0.507 e. The molecule has 0 bridgehead atoms. The third kappa shape index (κ3) is 2.61. The van der Waals surface area contributed by atoms with Crippen molar-refractivity contribution in [2.45, 2.75) is 12.8 Å². The molecule has 2 aromatic rings. The van der Waals surface area contributed by atoms with Crippen LogP contribution in [0.2, 0.25) is 0 Å². The van der Waals surface area contributed by atoms with Crippen LogP contribution in [0, 0.1) is 0 Å². The third-order valence-corrected chi connectivity index (χ3v) is 4.31. The highest BCUT2D eigenvalue weighted by atomic mass is 79.9. The number of phenolic OH excluding ortho intramolecular Hbond substituents is 1. The zero-order valence-electron chi connectivity index (χ0n) is 12.1. The minimum atomic E-state index is -0.387. The van der Waals surface area contributed by atoms with E-state index >= 15 is 0 Å². The van der Waals surface area contributed by atoms with Crippen LogP contribution >= 0.6 is 15.9 Å². The molecule has 0 fully saturated rings. The molecule has 0 spiro atoms. The first-order chi connectivity index (χ1) is 11.0. The predicted molar refractivity (Wildman–Crippen MR) is 88.5 cm³/mol. The van der Waals surface area contributed by atoms with Crippen LogP contribution in [0.15, 0.2) is 36.4 Å². The number of carbonyl (C=O) groups is 3. The summed E-state index contributed by atoms with van der Waals surface area (Å²) < 4.78 is 0. The lowest BCUT2D eigenvalue weighted by Crippen LogP contribution is -2.21. The number of hydrogen-bond donors (Lipinski definition) is 1. The topological polar surface area (TPSA) is 71.4 Å². The zero-order valence-corrected chi connectivity index (χ0v) is 13.7. The second-order valence-corrected chi connectivity index (χ2v) is 6.15. The number of aromatic hydroxyl groups is 1. The van der Waals surface area contributed by atoms with Crippen LogP contribution in [0.3, 0.4) is 0 Å². The SMILES string of the molecule is O=C(CCBr)Cc1ccc2c(c1O)C(=O)c1ccccc1C2=O. The van der Waals surface area contributed by atoms with E-state index in [0.717, 1.165) is 0 Å². The Morgan fingerprint density at radius 1 is 0.957 bits per heavy atom. The van der Waals surface area contributed by atoms with Crippen molar-refractivity contribution in [2.24, 2.45) is 0 Å². The van der Waals surface area contributed by atoms with Crippen molar-refractivity contribution in [3.8, 4) is 5.75 Å². The Morgan fingerprint density at radius 2 is 1.61 bits per heavy atom. The van der Waals surface area contributed by atoms with E-state index in [-0.39, 0.29) is 46.2 Å². The summed E-state index contributed by atoms with van der Waals surface area (Å²) >= 11 is 3.20. The average molecular weight is 373 g/mol. The first kappa shape index (κ1) is 15.6. The van der Waals surface area contributed by atoms with Crippen molar-refractivity contribution in [3.05, 3.63) is 64.2 Å². The summed E-state index contributed by atoms with van der Waals surface area (Å²) in [4.78, 5) is 36.9. The van der Waals surface area contributed by atoms with Gasteiger partial charge in [-0.2, -0.15) is 0 Å². The number of Topliss-reactive ketones (excluding diaryl/α,β-unsaturated/α-hetero) is 1. The number of hydrogen-bond acceptors (Lipinski definition) is 4. The Morgan fingerprint density at radius 3 is 2.26 bits per heavy atom. The van der Waals surface area contributed by atoms with Gasteiger partial charge >= 0.3 is 0 Å². The average Bonchev–Trinajstić information content (AvgIpc) is 2.54. The van der Waals surface area contributed by atoms with Gasteiger partial charge in [-0.1, -0.05) is 46.3 Å². The van der Waals surface area contributed by atoms with E-state index in [2.05, 4.69) is 15.9 Å². The molecule has 1 aliphatic rings. The van der Waals surface area contributed by atoms with Crippen LogP contribution in [0.4, 0.5) is 0 Å². The molecule has 23 heavy (non-hydrogen) atoms. The predicted octanol–water partition coefficient (Wildman–Crippen LogP) is 3.06. The van der Waals surface area contributed by atoms with Gasteiger partial charge < -0.3 is 5.11 Å². The summed E-state index contributed by atoms with van der Waals surface area (Å²) in [7, 11) is 0. The molecular formula is C18H13BrO4. The van der Waals surface area contributed by atoms with Gasteiger partial charge in [-0.25, -0.2) is 0 Å². The highest BCUT2D eigenvalue weighted by Crippen LogP contribution is 2.35. The van der Waals surface area contributed by atoms with Crippen molar-refractivity contribution >= 4 is 33.3 Å². The Hall–Kier alpha value is -2.27. The van der Waals surface area contributed by atoms with E-state index in [9.17, 15) is 19.5 Å².